The van der Waals surface area contributed by atoms with Gasteiger partial charge in [-0.15, -0.1) is 11.3 Å². The van der Waals surface area contributed by atoms with E-state index in [-0.39, 0.29) is 28.6 Å². The Bertz CT molecular complexity index is 1060. The molecule has 10 heteroatoms. The first-order chi connectivity index (χ1) is 13.6. The fourth-order valence-electron chi connectivity index (χ4n) is 2.60. The predicted molar refractivity (Wildman–Crippen MR) is 109 cm³/mol. The number of benzene rings is 1. The number of nitrogens with one attached hydrogen (secondary N) is 2. The molecule has 0 fully saturated rings. The summed E-state index contributed by atoms with van der Waals surface area (Å²) in [5.74, 6) is -0.715. The summed E-state index contributed by atoms with van der Waals surface area (Å²) in [6.07, 6.45) is -4.49. The third-order valence-corrected chi connectivity index (χ3v) is 5.79. The molecule has 3 aromatic rings. The molecule has 0 atom stereocenters. The van der Waals surface area contributed by atoms with Crippen LogP contribution >= 0.6 is 27.3 Å². The van der Waals surface area contributed by atoms with Gasteiger partial charge in [-0.25, -0.2) is 4.98 Å². The number of thiophene rings is 1. The van der Waals surface area contributed by atoms with Crippen LogP contribution in [0.25, 0.3) is 10.2 Å². The fourth-order valence-corrected chi connectivity index (χ4v) is 3.96. The van der Waals surface area contributed by atoms with Gasteiger partial charge in [0.2, 0.25) is 5.91 Å². The molecule has 0 aliphatic heterocycles. The van der Waals surface area contributed by atoms with Crippen molar-refractivity contribution in [3.8, 4) is 0 Å². The van der Waals surface area contributed by atoms with Crippen molar-refractivity contribution in [2.24, 2.45) is 0 Å². The highest BCUT2D eigenvalue weighted by molar-refractivity contribution is 9.10. The topological polar surface area (TPSA) is 71.1 Å². The van der Waals surface area contributed by atoms with Gasteiger partial charge in [0.05, 0.1) is 4.88 Å². The molecule has 0 aliphatic rings. The zero-order valence-electron chi connectivity index (χ0n) is 15.1. The zero-order valence-corrected chi connectivity index (χ0v) is 17.5. The van der Waals surface area contributed by atoms with Crippen molar-refractivity contribution in [2.45, 2.75) is 19.5 Å². The lowest BCUT2D eigenvalue weighted by Gasteiger charge is -2.06. The van der Waals surface area contributed by atoms with Crippen molar-refractivity contribution in [2.75, 3.05) is 11.9 Å². The third kappa shape index (κ3) is 5.13. The molecule has 5 nitrogen and oxygen atoms in total. The minimum atomic E-state index is -4.54. The molecule has 152 valence electrons. The van der Waals surface area contributed by atoms with Gasteiger partial charge >= 0.3 is 6.18 Å². The molecule has 2 N–H and O–H groups in total. The summed E-state index contributed by atoms with van der Waals surface area (Å²) in [5, 5.41) is 5.84. The number of fused-ring (bicyclic) bond motifs is 1. The molecule has 0 radical (unpaired) electrons. The van der Waals surface area contributed by atoms with Crippen LogP contribution in [0.5, 0.6) is 0 Å². The van der Waals surface area contributed by atoms with E-state index >= 15 is 0 Å². The van der Waals surface area contributed by atoms with Crippen molar-refractivity contribution in [3.05, 3.63) is 57.0 Å². The number of aryl methyl sites for hydroxylation is 1. The summed E-state index contributed by atoms with van der Waals surface area (Å²) < 4.78 is 39.4. The second kappa shape index (κ2) is 8.50. The first kappa shape index (κ1) is 21.3. The number of amides is 2. The van der Waals surface area contributed by atoms with E-state index in [0.29, 0.717) is 16.6 Å². The molecule has 0 unspecified atom stereocenters. The Hall–Kier alpha value is -2.46. The first-order valence-electron chi connectivity index (χ1n) is 8.46. The minimum absolute atomic E-state index is 0.0578. The standard InChI is InChI=1S/C19H15BrF3N3O2S/c1-10-13-6-7-14(19(21,22)23)26-18(13)29-16(10)17(28)24-9-8-15(27)25-12-4-2-11(20)3-5-12/h2-7H,8-9H2,1H3,(H,24,28)(H,25,27). The van der Waals surface area contributed by atoms with Crippen molar-refractivity contribution in [1.82, 2.24) is 10.3 Å². The molecule has 0 saturated carbocycles. The van der Waals surface area contributed by atoms with Crippen molar-refractivity contribution in [3.63, 3.8) is 0 Å². The largest absolute Gasteiger partial charge is 0.433 e. The van der Waals surface area contributed by atoms with E-state index in [1.54, 1.807) is 31.2 Å². The lowest BCUT2D eigenvalue weighted by Crippen LogP contribution is -2.27. The number of carbonyl (C=O) groups excluding carboxylic acids is 2. The van der Waals surface area contributed by atoms with Gasteiger partial charge in [0.25, 0.3) is 5.91 Å². The van der Waals surface area contributed by atoms with Gasteiger partial charge in [0.1, 0.15) is 10.5 Å². The van der Waals surface area contributed by atoms with Gasteiger partial charge in [0.15, 0.2) is 0 Å². The average molecular weight is 486 g/mol. The summed E-state index contributed by atoms with van der Waals surface area (Å²) >= 11 is 4.20. The second-order valence-electron chi connectivity index (χ2n) is 6.16. The van der Waals surface area contributed by atoms with Gasteiger partial charge in [-0.05, 0) is 48.9 Å². The monoisotopic (exact) mass is 485 g/mol. The summed E-state index contributed by atoms with van der Waals surface area (Å²) in [6.45, 7) is 1.75. The van der Waals surface area contributed by atoms with Crippen LogP contribution in [-0.2, 0) is 11.0 Å². The highest BCUT2D eigenvalue weighted by Gasteiger charge is 2.33. The Morgan fingerprint density at radius 2 is 1.83 bits per heavy atom. The lowest BCUT2D eigenvalue weighted by atomic mass is 10.1. The quantitative estimate of drug-likeness (QED) is 0.525. The second-order valence-corrected chi connectivity index (χ2v) is 8.08. The van der Waals surface area contributed by atoms with Gasteiger partial charge in [-0.3, -0.25) is 9.59 Å². The molecule has 0 spiro atoms. The van der Waals surface area contributed by atoms with Crippen molar-refractivity contribution >= 4 is 55.0 Å². The van der Waals surface area contributed by atoms with Crippen LogP contribution in [-0.4, -0.2) is 23.3 Å². The first-order valence-corrected chi connectivity index (χ1v) is 10.1. The van der Waals surface area contributed by atoms with Crippen LogP contribution in [0, 0.1) is 6.92 Å². The number of halogens is 4. The Morgan fingerprint density at radius 3 is 2.48 bits per heavy atom. The highest BCUT2D eigenvalue weighted by Crippen LogP contribution is 2.34. The number of anilines is 1. The van der Waals surface area contributed by atoms with Crippen LogP contribution in [0.15, 0.2) is 40.9 Å². The summed E-state index contributed by atoms with van der Waals surface area (Å²) in [6, 6.07) is 9.28. The van der Waals surface area contributed by atoms with Crippen LogP contribution in [0.2, 0.25) is 0 Å². The fraction of sp³-hybridized carbons (Fsp3) is 0.211. The number of carbonyl (C=O) groups is 2. The minimum Gasteiger partial charge on any atom is -0.351 e. The number of rotatable bonds is 5. The van der Waals surface area contributed by atoms with E-state index in [2.05, 4.69) is 31.5 Å². The molecule has 2 amide bonds. The van der Waals surface area contributed by atoms with Crippen LogP contribution in [0.1, 0.15) is 27.3 Å². The molecule has 0 aliphatic carbocycles. The number of nitrogens with zero attached hydrogens (tertiary/aromatic N) is 1. The Morgan fingerprint density at radius 1 is 1.14 bits per heavy atom. The van der Waals surface area contributed by atoms with E-state index in [4.69, 9.17) is 0 Å². The zero-order chi connectivity index (χ0) is 21.2. The number of aromatic nitrogens is 1. The third-order valence-electron chi connectivity index (χ3n) is 4.07. The average Bonchev–Trinajstić information content (AvgIpc) is 2.99. The van der Waals surface area contributed by atoms with Gasteiger partial charge in [0, 0.05) is 28.5 Å². The van der Waals surface area contributed by atoms with Crippen molar-refractivity contribution in [1.29, 1.82) is 0 Å². The smallest absolute Gasteiger partial charge is 0.351 e. The number of pyridine rings is 1. The highest BCUT2D eigenvalue weighted by atomic mass is 79.9. The summed E-state index contributed by atoms with van der Waals surface area (Å²) in [7, 11) is 0. The normalized spacial score (nSPS) is 11.5. The van der Waals surface area contributed by atoms with E-state index in [1.165, 1.54) is 6.07 Å². The van der Waals surface area contributed by atoms with Crippen LogP contribution in [0.4, 0.5) is 18.9 Å². The van der Waals surface area contributed by atoms with Crippen LogP contribution < -0.4 is 10.6 Å². The maximum atomic E-state index is 12.8. The van der Waals surface area contributed by atoms with Crippen molar-refractivity contribution < 1.29 is 22.8 Å². The molecule has 29 heavy (non-hydrogen) atoms. The lowest BCUT2D eigenvalue weighted by molar-refractivity contribution is -0.140. The molecule has 3 rings (SSSR count). The van der Waals surface area contributed by atoms with E-state index in [9.17, 15) is 22.8 Å². The van der Waals surface area contributed by atoms with E-state index < -0.39 is 17.8 Å². The molecular weight excluding hydrogens is 471 g/mol. The van der Waals surface area contributed by atoms with E-state index in [0.717, 1.165) is 21.9 Å². The molecule has 0 bridgehead atoms. The molecule has 2 aromatic heterocycles. The van der Waals surface area contributed by atoms with Crippen LogP contribution in [0.3, 0.4) is 0 Å². The number of hydrogen-bond acceptors (Lipinski definition) is 4. The molecule has 1 aromatic carbocycles. The maximum Gasteiger partial charge on any atom is 0.433 e. The predicted octanol–water partition coefficient (Wildman–Crippen LogP) is 5.14. The maximum absolute atomic E-state index is 12.8. The Balaban J connectivity index is 1.61. The van der Waals surface area contributed by atoms with Gasteiger partial charge in [-0.2, -0.15) is 13.2 Å². The summed E-state index contributed by atoms with van der Waals surface area (Å²) in [5.41, 5.74) is 0.197. The van der Waals surface area contributed by atoms with Gasteiger partial charge in [-0.1, -0.05) is 15.9 Å². The summed E-state index contributed by atoms with van der Waals surface area (Å²) in [4.78, 5) is 28.4. The Labute approximate surface area is 176 Å². The Kier molecular flexibility index (Phi) is 6.23. The molecular formula is C19H15BrF3N3O2S. The van der Waals surface area contributed by atoms with E-state index in [1.807, 2.05) is 0 Å². The number of alkyl halides is 3. The molecule has 0 saturated heterocycles. The number of hydrogen-bond donors (Lipinski definition) is 2. The SMILES string of the molecule is Cc1c(C(=O)NCCC(=O)Nc2ccc(Br)cc2)sc2nc(C(F)(F)F)ccc12. The van der Waals surface area contributed by atoms with Gasteiger partial charge < -0.3 is 10.6 Å². The molecule has 2 heterocycles.